The van der Waals surface area contributed by atoms with Crippen LogP contribution in [0.1, 0.15) is 11.9 Å². The maximum absolute atomic E-state index is 10.3. The number of nitriles is 1. The van der Waals surface area contributed by atoms with Gasteiger partial charge >= 0.3 is 0 Å². The van der Waals surface area contributed by atoms with Crippen LogP contribution in [0.5, 0.6) is 0 Å². The van der Waals surface area contributed by atoms with E-state index in [0.717, 1.165) is 17.3 Å². The Kier molecular flexibility index (Phi) is 4.98. The van der Waals surface area contributed by atoms with Crippen LogP contribution in [0.4, 0.5) is 0 Å². The molecule has 3 rings (SSSR count). The molecule has 0 spiro atoms. The van der Waals surface area contributed by atoms with Crippen molar-refractivity contribution in [1.82, 2.24) is 0 Å². The fourth-order valence-electron chi connectivity index (χ4n) is 2.73. The molecule has 6 atom stereocenters. The number of hydrogen-bond donors (Lipinski definition) is 1. The molecule has 2 saturated heterocycles. The third-order valence-corrected chi connectivity index (χ3v) is 4.72. The molecule has 22 heavy (non-hydrogen) atoms. The first kappa shape index (κ1) is 15.7. The van der Waals surface area contributed by atoms with Crippen LogP contribution in [0.3, 0.4) is 0 Å². The number of fused-ring (bicyclic) bond motifs is 1. The maximum Gasteiger partial charge on any atom is 0.184 e. The Bertz CT molecular complexity index is 536. The van der Waals surface area contributed by atoms with E-state index in [1.165, 1.54) is 7.11 Å². The molecule has 118 valence electrons. The smallest absolute Gasteiger partial charge is 0.184 e. The Balaban J connectivity index is 1.79. The lowest BCUT2D eigenvalue weighted by molar-refractivity contribution is -0.330. The molecule has 0 aromatic heterocycles. The fourth-order valence-corrected chi connectivity index (χ4v) is 3.49. The lowest BCUT2D eigenvalue weighted by Crippen LogP contribution is -2.60. The molecule has 1 N–H and O–H groups in total. The highest BCUT2D eigenvalue weighted by molar-refractivity contribution is 8.04. The van der Waals surface area contributed by atoms with E-state index in [9.17, 15) is 5.11 Å². The molecular formula is C15H17NO5S. The van der Waals surface area contributed by atoms with Gasteiger partial charge in [-0.1, -0.05) is 30.3 Å². The Labute approximate surface area is 132 Å². The van der Waals surface area contributed by atoms with Gasteiger partial charge in [0.05, 0.1) is 11.9 Å². The second-order valence-corrected chi connectivity index (χ2v) is 6.08. The van der Waals surface area contributed by atoms with Crippen LogP contribution < -0.4 is 0 Å². The minimum atomic E-state index is -0.939. The van der Waals surface area contributed by atoms with Gasteiger partial charge in [-0.3, -0.25) is 0 Å². The van der Waals surface area contributed by atoms with Crippen molar-refractivity contribution < 1.29 is 24.1 Å². The number of benzene rings is 1. The molecule has 0 aliphatic carbocycles. The molecule has 2 aliphatic rings. The average Bonchev–Trinajstić information content (AvgIpc) is 2.57. The van der Waals surface area contributed by atoms with Crippen LogP contribution in [0, 0.1) is 10.7 Å². The molecule has 0 bridgehead atoms. The molecule has 1 aromatic carbocycles. The first-order chi connectivity index (χ1) is 10.7. The highest BCUT2D eigenvalue weighted by Gasteiger charge is 2.50. The van der Waals surface area contributed by atoms with E-state index in [0.29, 0.717) is 6.61 Å². The second kappa shape index (κ2) is 6.96. The average molecular weight is 323 g/mol. The summed E-state index contributed by atoms with van der Waals surface area (Å²) in [5.41, 5.74) is 0.894. The third-order valence-electron chi connectivity index (χ3n) is 3.80. The Morgan fingerprint density at radius 2 is 2.09 bits per heavy atom. The molecule has 6 nitrogen and oxygen atoms in total. The van der Waals surface area contributed by atoms with Gasteiger partial charge in [-0.15, -0.1) is 0 Å². The van der Waals surface area contributed by atoms with E-state index < -0.39 is 30.0 Å². The zero-order valence-corrected chi connectivity index (χ0v) is 12.8. The van der Waals surface area contributed by atoms with E-state index in [1.807, 2.05) is 35.7 Å². The summed E-state index contributed by atoms with van der Waals surface area (Å²) < 4.78 is 22.5. The monoisotopic (exact) mass is 323 g/mol. The number of nitrogens with zero attached hydrogens (tertiary/aromatic N) is 1. The Morgan fingerprint density at radius 1 is 1.32 bits per heavy atom. The quantitative estimate of drug-likeness (QED) is 0.842. The number of aliphatic hydroxyl groups excluding tert-OH is 1. The highest BCUT2D eigenvalue weighted by Crippen LogP contribution is 2.38. The van der Waals surface area contributed by atoms with Crippen LogP contribution in [0.2, 0.25) is 0 Å². The van der Waals surface area contributed by atoms with E-state index >= 15 is 0 Å². The molecule has 2 heterocycles. The van der Waals surface area contributed by atoms with Gasteiger partial charge in [0.1, 0.15) is 23.7 Å². The summed E-state index contributed by atoms with van der Waals surface area (Å²) in [6.45, 7) is 0.319. The molecule has 2 aliphatic heterocycles. The highest BCUT2D eigenvalue weighted by atomic mass is 32.2. The number of rotatable bonds is 3. The van der Waals surface area contributed by atoms with E-state index in [-0.39, 0.29) is 6.10 Å². The van der Waals surface area contributed by atoms with Crippen molar-refractivity contribution >= 4 is 11.8 Å². The summed E-state index contributed by atoms with van der Waals surface area (Å²) in [5, 5.41) is 20.9. The molecule has 0 saturated carbocycles. The van der Waals surface area contributed by atoms with E-state index in [4.69, 9.17) is 24.2 Å². The molecule has 6 unspecified atom stereocenters. The predicted molar refractivity (Wildman–Crippen MR) is 78.7 cm³/mol. The number of hydrogen-bond acceptors (Lipinski definition) is 7. The van der Waals surface area contributed by atoms with Gasteiger partial charge in [0.2, 0.25) is 0 Å². The minimum absolute atomic E-state index is 0.319. The third kappa shape index (κ3) is 2.99. The Hall–Kier alpha value is -1.14. The van der Waals surface area contributed by atoms with Crippen molar-refractivity contribution in [3.8, 4) is 5.40 Å². The zero-order chi connectivity index (χ0) is 15.5. The zero-order valence-electron chi connectivity index (χ0n) is 12.0. The normalized spacial score (nSPS) is 38.0. The van der Waals surface area contributed by atoms with Crippen molar-refractivity contribution in [3.63, 3.8) is 0 Å². The van der Waals surface area contributed by atoms with E-state index in [1.54, 1.807) is 0 Å². The number of thiocyanates is 1. The summed E-state index contributed by atoms with van der Waals surface area (Å²) >= 11 is 0.977. The van der Waals surface area contributed by atoms with Gasteiger partial charge in [0.25, 0.3) is 0 Å². The molecule has 7 heteroatoms. The number of thioether (sulfide) groups is 1. The number of ether oxygens (including phenoxy) is 4. The van der Waals surface area contributed by atoms with Crippen LogP contribution in [0.25, 0.3) is 0 Å². The van der Waals surface area contributed by atoms with E-state index in [2.05, 4.69) is 0 Å². The summed E-state index contributed by atoms with van der Waals surface area (Å²) in [6, 6.07) is 9.55. The number of methoxy groups -OCH3 is 1. The second-order valence-electron chi connectivity index (χ2n) is 5.12. The summed E-state index contributed by atoms with van der Waals surface area (Å²) in [6.07, 6.45) is -3.07. The standard InChI is InChI=1S/C15H17NO5S/c1-18-15-11(17)13(22-8-16)12-10(20-15)7-19-14(21-12)9-5-3-2-4-6-9/h2-6,10-15,17H,7H2,1H3. The SMILES string of the molecule is COC1OC2COC(c3ccccc3)OC2C(SC#N)C1O. The molecular weight excluding hydrogens is 306 g/mol. The van der Waals surface area contributed by atoms with Crippen molar-refractivity contribution in [2.45, 2.75) is 36.1 Å². The lowest BCUT2D eigenvalue weighted by Gasteiger charge is -2.46. The van der Waals surface area contributed by atoms with Gasteiger partial charge in [-0.05, 0) is 11.8 Å². The Morgan fingerprint density at radius 3 is 2.77 bits per heavy atom. The number of aliphatic hydroxyl groups is 1. The van der Waals surface area contributed by atoms with Crippen LogP contribution in [-0.4, -0.2) is 48.7 Å². The fraction of sp³-hybridized carbons (Fsp3) is 0.533. The molecule has 0 amide bonds. The summed E-state index contributed by atoms with van der Waals surface area (Å²) in [5.74, 6) is 0. The predicted octanol–water partition coefficient (Wildman–Crippen LogP) is 1.42. The first-order valence-corrected chi connectivity index (χ1v) is 7.85. The van der Waals surface area contributed by atoms with Crippen molar-refractivity contribution in [2.75, 3.05) is 13.7 Å². The van der Waals surface area contributed by atoms with Gasteiger partial charge in [-0.2, -0.15) is 5.26 Å². The van der Waals surface area contributed by atoms with Crippen molar-refractivity contribution in [1.29, 1.82) is 5.26 Å². The van der Waals surface area contributed by atoms with Gasteiger partial charge in [0, 0.05) is 12.7 Å². The summed E-state index contributed by atoms with van der Waals surface area (Å²) in [7, 11) is 1.46. The maximum atomic E-state index is 10.3. The van der Waals surface area contributed by atoms with Crippen molar-refractivity contribution in [2.24, 2.45) is 0 Å². The van der Waals surface area contributed by atoms with Gasteiger partial charge < -0.3 is 24.1 Å². The minimum Gasteiger partial charge on any atom is -0.387 e. The van der Waals surface area contributed by atoms with Gasteiger partial charge in [-0.25, -0.2) is 0 Å². The van der Waals surface area contributed by atoms with Crippen LogP contribution >= 0.6 is 11.8 Å². The molecule has 2 fully saturated rings. The van der Waals surface area contributed by atoms with Crippen LogP contribution in [-0.2, 0) is 18.9 Å². The lowest BCUT2D eigenvalue weighted by atomic mass is 10.0. The van der Waals surface area contributed by atoms with Crippen molar-refractivity contribution in [3.05, 3.63) is 35.9 Å². The topological polar surface area (TPSA) is 80.9 Å². The summed E-state index contributed by atoms with van der Waals surface area (Å²) in [4.78, 5) is 0. The molecule has 1 aromatic rings. The van der Waals surface area contributed by atoms with Gasteiger partial charge in [0.15, 0.2) is 12.6 Å². The van der Waals surface area contributed by atoms with Crippen LogP contribution in [0.15, 0.2) is 30.3 Å². The first-order valence-electron chi connectivity index (χ1n) is 6.97. The largest absolute Gasteiger partial charge is 0.387 e. The molecule has 0 radical (unpaired) electrons.